The number of benzene rings is 1. The maximum atomic E-state index is 11.5. The molecular weight excluding hydrogens is 306 g/mol. The van der Waals surface area contributed by atoms with E-state index in [1.165, 1.54) is 5.56 Å². The van der Waals surface area contributed by atoms with Crippen LogP contribution in [0.1, 0.15) is 25.3 Å². The lowest BCUT2D eigenvalue weighted by atomic mass is 10.1. The molecular formula is C14H20BrN3O. The van der Waals surface area contributed by atoms with E-state index >= 15 is 0 Å². The average molecular weight is 326 g/mol. The molecule has 4 nitrogen and oxygen atoms in total. The average Bonchev–Trinajstić information content (AvgIpc) is 2.86. The minimum atomic E-state index is -0.230. The minimum Gasteiger partial charge on any atom is -0.368 e. The fraction of sp³-hybridized carbons (Fsp3) is 0.500. The zero-order chi connectivity index (χ0) is 13.8. The first-order valence-corrected chi connectivity index (χ1v) is 7.48. The minimum absolute atomic E-state index is 0.172. The molecule has 5 heteroatoms. The molecule has 0 bridgehead atoms. The normalized spacial score (nSPS) is 18.8. The number of carbonyl (C=O) groups excluding carboxylic acids is 1. The van der Waals surface area contributed by atoms with Crippen LogP contribution in [0.4, 0.5) is 5.69 Å². The largest absolute Gasteiger partial charge is 0.368 e. The second kappa shape index (κ2) is 6.39. The molecule has 1 aliphatic heterocycles. The van der Waals surface area contributed by atoms with E-state index < -0.39 is 0 Å². The maximum absolute atomic E-state index is 11.5. The van der Waals surface area contributed by atoms with E-state index in [2.05, 4.69) is 45.2 Å². The van der Waals surface area contributed by atoms with Crippen LogP contribution in [-0.4, -0.2) is 25.0 Å². The fourth-order valence-electron chi connectivity index (χ4n) is 2.56. The quantitative estimate of drug-likeness (QED) is 0.870. The Kier molecular flexibility index (Phi) is 4.82. The summed E-state index contributed by atoms with van der Waals surface area (Å²) < 4.78 is 1.03. The number of halogens is 1. The van der Waals surface area contributed by atoms with Crippen molar-refractivity contribution in [3.8, 4) is 0 Å². The van der Waals surface area contributed by atoms with Crippen LogP contribution in [0.2, 0.25) is 0 Å². The van der Waals surface area contributed by atoms with Crippen LogP contribution in [0, 0.1) is 0 Å². The summed E-state index contributed by atoms with van der Waals surface area (Å²) in [5.74, 6) is -0.230. The van der Waals surface area contributed by atoms with Crippen LogP contribution in [-0.2, 0) is 11.3 Å². The summed E-state index contributed by atoms with van der Waals surface area (Å²) in [5.41, 5.74) is 7.82. The number of nitrogens with zero attached hydrogens (tertiary/aromatic N) is 1. The molecule has 1 amide bonds. The Hall–Kier alpha value is -1.07. The van der Waals surface area contributed by atoms with Crippen molar-refractivity contribution in [2.75, 3.05) is 18.0 Å². The zero-order valence-corrected chi connectivity index (χ0v) is 12.7. The molecule has 0 radical (unpaired) electrons. The molecule has 0 saturated carbocycles. The van der Waals surface area contributed by atoms with Gasteiger partial charge in [0, 0.05) is 23.2 Å². The van der Waals surface area contributed by atoms with E-state index in [0.717, 1.165) is 42.6 Å². The van der Waals surface area contributed by atoms with Gasteiger partial charge in [0.1, 0.15) is 6.04 Å². The molecule has 1 aliphatic rings. The summed E-state index contributed by atoms with van der Waals surface area (Å²) in [6.07, 6.45) is 1.86. The van der Waals surface area contributed by atoms with Gasteiger partial charge in [0.2, 0.25) is 5.91 Å². The first-order valence-electron chi connectivity index (χ1n) is 6.68. The van der Waals surface area contributed by atoms with Crippen molar-refractivity contribution in [3.63, 3.8) is 0 Å². The summed E-state index contributed by atoms with van der Waals surface area (Å²) in [6.45, 7) is 4.71. The smallest absolute Gasteiger partial charge is 0.240 e. The predicted molar refractivity (Wildman–Crippen MR) is 81.1 cm³/mol. The molecule has 0 aliphatic carbocycles. The highest BCUT2D eigenvalue weighted by Gasteiger charge is 2.30. The number of primary amides is 1. The van der Waals surface area contributed by atoms with Crippen LogP contribution >= 0.6 is 15.9 Å². The van der Waals surface area contributed by atoms with Crippen molar-refractivity contribution in [2.24, 2.45) is 5.73 Å². The van der Waals surface area contributed by atoms with Gasteiger partial charge in [-0.3, -0.25) is 4.79 Å². The molecule has 1 heterocycles. The van der Waals surface area contributed by atoms with Crippen molar-refractivity contribution in [1.29, 1.82) is 0 Å². The molecule has 1 fully saturated rings. The highest BCUT2D eigenvalue weighted by molar-refractivity contribution is 9.10. The van der Waals surface area contributed by atoms with E-state index in [0.29, 0.717) is 0 Å². The predicted octanol–water partition coefficient (Wildman–Crippen LogP) is 2.01. The van der Waals surface area contributed by atoms with Crippen LogP contribution in [0.5, 0.6) is 0 Å². The first-order chi connectivity index (χ1) is 9.13. The number of hydrogen-bond donors (Lipinski definition) is 2. The highest BCUT2D eigenvalue weighted by Crippen LogP contribution is 2.31. The summed E-state index contributed by atoms with van der Waals surface area (Å²) >= 11 is 3.51. The van der Waals surface area contributed by atoms with Gasteiger partial charge in [0.05, 0.1) is 0 Å². The van der Waals surface area contributed by atoms with Crippen LogP contribution in [0.15, 0.2) is 22.7 Å². The third-order valence-corrected chi connectivity index (χ3v) is 4.00. The van der Waals surface area contributed by atoms with Gasteiger partial charge in [-0.15, -0.1) is 0 Å². The lowest BCUT2D eigenvalue weighted by molar-refractivity contribution is -0.119. The van der Waals surface area contributed by atoms with Crippen LogP contribution in [0.3, 0.4) is 0 Å². The van der Waals surface area contributed by atoms with E-state index in [-0.39, 0.29) is 11.9 Å². The molecule has 1 unspecified atom stereocenters. The van der Waals surface area contributed by atoms with Gasteiger partial charge in [-0.05, 0) is 37.1 Å². The molecule has 0 aromatic heterocycles. The van der Waals surface area contributed by atoms with Gasteiger partial charge in [-0.25, -0.2) is 0 Å². The van der Waals surface area contributed by atoms with Gasteiger partial charge < -0.3 is 16.0 Å². The van der Waals surface area contributed by atoms with Crippen molar-refractivity contribution < 1.29 is 4.79 Å². The molecule has 3 N–H and O–H groups in total. The summed E-state index contributed by atoms with van der Waals surface area (Å²) in [7, 11) is 0. The van der Waals surface area contributed by atoms with Crippen LogP contribution in [0.25, 0.3) is 0 Å². The second-order valence-corrected chi connectivity index (χ2v) is 5.72. The Labute approximate surface area is 122 Å². The number of anilines is 1. The van der Waals surface area contributed by atoms with E-state index in [9.17, 15) is 4.79 Å². The number of carbonyl (C=O) groups is 1. The third kappa shape index (κ3) is 3.28. The number of amides is 1. The Morgan fingerprint density at radius 1 is 1.58 bits per heavy atom. The summed E-state index contributed by atoms with van der Waals surface area (Å²) in [5, 5.41) is 3.33. The number of rotatable bonds is 5. The summed E-state index contributed by atoms with van der Waals surface area (Å²) in [6, 6.07) is 6.03. The SMILES string of the molecule is CCNCc1ccc(Br)cc1N1CCCC1C(N)=O. The standard InChI is InChI=1S/C14H20BrN3O/c1-2-17-9-10-5-6-11(15)8-13(10)18-7-3-4-12(18)14(16)19/h5-6,8,12,17H,2-4,7,9H2,1H3,(H2,16,19). The Morgan fingerprint density at radius 3 is 3.05 bits per heavy atom. The molecule has 1 aromatic rings. The molecule has 2 rings (SSSR count). The lowest BCUT2D eigenvalue weighted by Crippen LogP contribution is -2.41. The third-order valence-electron chi connectivity index (χ3n) is 3.50. The van der Waals surface area contributed by atoms with Gasteiger partial charge in [0.25, 0.3) is 0 Å². The number of nitrogens with one attached hydrogen (secondary N) is 1. The van der Waals surface area contributed by atoms with Crippen LogP contribution < -0.4 is 16.0 Å². The van der Waals surface area contributed by atoms with E-state index in [4.69, 9.17) is 5.73 Å². The topological polar surface area (TPSA) is 58.4 Å². The van der Waals surface area contributed by atoms with Gasteiger partial charge in [-0.1, -0.05) is 28.9 Å². The molecule has 19 heavy (non-hydrogen) atoms. The Balaban J connectivity index is 2.30. The summed E-state index contributed by atoms with van der Waals surface area (Å²) in [4.78, 5) is 13.7. The number of nitrogens with two attached hydrogens (primary N) is 1. The Morgan fingerprint density at radius 2 is 2.37 bits per heavy atom. The molecule has 1 aromatic carbocycles. The van der Waals surface area contributed by atoms with Crippen molar-refractivity contribution in [3.05, 3.63) is 28.2 Å². The second-order valence-electron chi connectivity index (χ2n) is 4.81. The highest BCUT2D eigenvalue weighted by atomic mass is 79.9. The van der Waals surface area contributed by atoms with Crippen molar-refractivity contribution >= 4 is 27.5 Å². The fourth-order valence-corrected chi connectivity index (χ4v) is 2.91. The van der Waals surface area contributed by atoms with Crippen molar-refractivity contribution in [1.82, 2.24) is 5.32 Å². The monoisotopic (exact) mass is 325 g/mol. The number of hydrogen-bond acceptors (Lipinski definition) is 3. The van der Waals surface area contributed by atoms with Crippen molar-refractivity contribution in [2.45, 2.75) is 32.4 Å². The zero-order valence-electron chi connectivity index (χ0n) is 11.2. The van der Waals surface area contributed by atoms with E-state index in [1.807, 2.05) is 6.07 Å². The first kappa shape index (κ1) is 14.3. The molecule has 1 saturated heterocycles. The molecule has 0 spiro atoms. The van der Waals surface area contributed by atoms with Gasteiger partial charge in [0.15, 0.2) is 0 Å². The maximum Gasteiger partial charge on any atom is 0.240 e. The van der Waals surface area contributed by atoms with E-state index in [1.54, 1.807) is 0 Å². The Bertz CT molecular complexity index is 464. The molecule has 1 atom stereocenters. The van der Waals surface area contributed by atoms with Gasteiger partial charge >= 0.3 is 0 Å². The lowest BCUT2D eigenvalue weighted by Gasteiger charge is -2.27. The molecule has 104 valence electrons. The van der Waals surface area contributed by atoms with Gasteiger partial charge in [-0.2, -0.15) is 0 Å².